The van der Waals surface area contributed by atoms with Crippen LogP contribution < -0.4 is 5.73 Å². The number of hydrogen-bond donors (Lipinski definition) is 4. The molecule has 0 radical (unpaired) electrons. The highest BCUT2D eigenvalue weighted by Gasteiger charge is 1.83. The minimum Gasteiger partial charge on any atom is -0.478 e. The molecule has 7 nitrogen and oxygen atoms in total. The van der Waals surface area contributed by atoms with Gasteiger partial charge in [-0.3, -0.25) is 0 Å². The van der Waals surface area contributed by atoms with E-state index in [0.717, 1.165) is 6.08 Å². The first kappa shape index (κ1) is 19.9. The second-order valence-corrected chi connectivity index (χ2v) is 2.33. The fourth-order valence-corrected chi connectivity index (χ4v) is 0.142. The summed E-state index contributed by atoms with van der Waals surface area (Å²) in [5.41, 5.74) is 4.54. The molecule has 0 aliphatic carbocycles. The number of carboxylic acid groups (broad SMARTS) is 1. The van der Waals surface area contributed by atoms with Gasteiger partial charge in [0.25, 0.3) is 0 Å². The van der Waals surface area contributed by atoms with Crippen LogP contribution in [-0.4, -0.2) is 46.7 Å². The highest BCUT2D eigenvalue weighted by atomic mass is 16.5. The Morgan fingerprint density at radius 1 is 1.56 bits per heavy atom. The summed E-state index contributed by atoms with van der Waals surface area (Å²) in [6.07, 6.45) is -0.438. The van der Waals surface area contributed by atoms with Gasteiger partial charge >= 0.3 is 12.1 Å². The Morgan fingerprint density at radius 3 is 1.88 bits per heavy atom. The van der Waals surface area contributed by atoms with Crippen molar-refractivity contribution in [3.63, 3.8) is 0 Å². The van der Waals surface area contributed by atoms with E-state index in [2.05, 4.69) is 17.0 Å². The zero-order valence-electron chi connectivity index (χ0n) is 9.42. The van der Waals surface area contributed by atoms with Gasteiger partial charge in [-0.25, -0.2) is 9.59 Å². The molecule has 0 heterocycles. The van der Waals surface area contributed by atoms with Gasteiger partial charge in [0.1, 0.15) is 0 Å². The van der Waals surface area contributed by atoms with Crippen molar-refractivity contribution in [2.75, 3.05) is 13.2 Å². The van der Waals surface area contributed by atoms with Gasteiger partial charge < -0.3 is 25.8 Å². The molecular weight excluding hydrogens is 218 g/mol. The minimum absolute atomic E-state index is 0.139. The Balaban J connectivity index is -0.000000160. The van der Waals surface area contributed by atoms with E-state index in [1.165, 1.54) is 6.92 Å². The quantitative estimate of drug-likeness (QED) is 0.499. The van der Waals surface area contributed by atoms with Gasteiger partial charge in [0.15, 0.2) is 0 Å². The molecule has 1 amide bonds. The van der Waals surface area contributed by atoms with Crippen LogP contribution >= 0.6 is 0 Å². The van der Waals surface area contributed by atoms with Gasteiger partial charge in [0.2, 0.25) is 0 Å². The lowest BCUT2D eigenvalue weighted by Gasteiger charge is -1.90. The van der Waals surface area contributed by atoms with Gasteiger partial charge in [-0.1, -0.05) is 6.58 Å². The van der Waals surface area contributed by atoms with Gasteiger partial charge in [-0.15, -0.1) is 0 Å². The van der Waals surface area contributed by atoms with Crippen LogP contribution in [0, 0.1) is 0 Å². The molecule has 0 saturated carbocycles. The number of amides is 1. The van der Waals surface area contributed by atoms with Gasteiger partial charge in [-0.2, -0.15) is 0 Å². The Morgan fingerprint density at radius 2 is 1.88 bits per heavy atom. The molecule has 0 rings (SSSR count). The van der Waals surface area contributed by atoms with Crippen molar-refractivity contribution in [1.82, 2.24) is 0 Å². The molecule has 5 N–H and O–H groups in total. The van der Waals surface area contributed by atoms with Gasteiger partial charge in [-0.05, 0) is 13.8 Å². The van der Waals surface area contributed by atoms with Crippen LogP contribution in [0.2, 0.25) is 0 Å². The second-order valence-electron chi connectivity index (χ2n) is 2.33. The summed E-state index contributed by atoms with van der Waals surface area (Å²) in [7, 11) is 0. The summed E-state index contributed by atoms with van der Waals surface area (Å²) in [5.74, 6) is -0.981. The Labute approximate surface area is 94.1 Å². The highest BCUT2D eigenvalue weighted by Crippen LogP contribution is 1.68. The molecule has 96 valence electrons. The summed E-state index contributed by atoms with van der Waals surface area (Å²) < 4.78 is 4.18. The molecule has 0 aromatic rings. The fraction of sp³-hybridized carbons (Fsp3) is 0.556. The molecule has 1 unspecified atom stereocenters. The number of carbonyl (C=O) groups excluding carboxylic acids is 1. The maximum absolute atomic E-state index is 9.60. The first-order chi connectivity index (χ1) is 7.31. The van der Waals surface area contributed by atoms with Crippen molar-refractivity contribution in [2.45, 2.75) is 20.0 Å². The van der Waals surface area contributed by atoms with Crippen LogP contribution in [0.25, 0.3) is 0 Å². The number of nitrogens with two attached hydrogens (primary N) is 1. The lowest BCUT2D eigenvalue weighted by Crippen LogP contribution is -2.11. The average Bonchev–Trinajstić information content (AvgIpc) is 2.19. The molecule has 0 aliphatic heterocycles. The molecule has 0 aliphatic rings. The first-order valence-electron chi connectivity index (χ1n) is 4.38. The van der Waals surface area contributed by atoms with Crippen LogP contribution in [0.4, 0.5) is 4.79 Å². The van der Waals surface area contributed by atoms with Gasteiger partial charge in [0.05, 0.1) is 19.3 Å². The Kier molecular flexibility index (Phi) is 19.7. The van der Waals surface area contributed by atoms with E-state index in [1.807, 2.05) is 0 Å². The standard InChI is InChI=1S/C3H7NO2.C3H8O2.C3H4O2/c1-2-6-3(4)5;1-3(5)2-4;1-2-3(4)5/h2H2,1H3,(H2,4,5);3-5H,2H2,1H3;2H,1H2,(H,4,5). The first-order valence-corrected chi connectivity index (χ1v) is 4.38. The van der Waals surface area contributed by atoms with Crippen LogP contribution in [0.15, 0.2) is 12.7 Å². The molecule has 16 heavy (non-hydrogen) atoms. The third-order valence-corrected chi connectivity index (χ3v) is 0.725. The fourth-order valence-electron chi connectivity index (χ4n) is 0.142. The zero-order chi connectivity index (χ0) is 13.6. The number of rotatable bonds is 3. The third kappa shape index (κ3) is 55.3. The molecule has 0 fully saturated rings. The summed E-state index contributed by atoms with van der Waals surface area (Å²) in [5, 5.41) is 23.6. The van der Waals surface area contributed by atoms with Crippen molar-refractivity contribution in [3.8, 4) is 0 Å². The molecule has 0 spiro atoms. The molecule has 0 saturated heterocycles. The zero-order valence-corrected chi connectivity index (χ0v) is 9.42. The van der Waals surface area contributed by atoms with E-state index in [4.69, 9.17) is 15.3 Å². The molecular formula is C9H19NO6. The molecule has 0 bridgehead atoms. The lowest BCUT2D eigenvalue weighted by atomic mass is 10.5. The smallest absolute Gasteiger partial charge is 0.404 e. The van der Waals surface area contributed by atoms with Crippen LogP contribution in [0.5, 0.6) is 0 Å². The molecule has 1 atom stereocenters. The number of hydrogen-bond acceptors (Lipinski definition) is 5. The SMILES string of the molecule is C=CC(=O)O.CC(O)CO.CCOC(N)=O. The van der Waals surface area contributed by atoms with E-state index in [-0.39, 0.29) is 6.61 Å². The summed E-state index contributed by atoms with van der Waals surface area (Å²) >= 11 is 0. The molecule has 0 aromatic carbocycles. The Bertz CT molecular complexity index is 192. The van der Waals surface area contributed by atoms with Crippen LogP contribution in [-0.2, 0) is 9.53 Å². The summed E-state index contributed by atoms with van der Waals surface area (Å²) in [6, 6.07) is 0. The van der Waals surface area contributed by atoms with Crippen molar-refractivity contribution in [3.05, 3.63) is 12.7 Å². The number of aliphatic carboxylic acids is 1. The number of carbonyl (C=O) groups is 2. The maximum Gasteiger partial charge on any atom is 0.404 e. The maximum atomic E-state index is 9.60. The largest absolute Gasteiger partial charge is 0.478 e. The van der Waals surface area contributed by atoms with Gasteiger partial charge in [0, 0.05) is 6.08 Å². The van der Waals surface area contributed by atoms with Crippen LogP contribution in [0.1, 0.15) is 13.8 Å². The van der Waals surface area contributed by atoms with Crippen molar-refractivity contribution in [2.24, 2.45) is 5.73 Å². The molecule has 0 aromatic heterocycles. The topological polar surface area (TPSA) is 130 Å². The summed E-state index contributed by atoms with van der Waals surface area (Å²) in [4.78, 5) is 18.8. The lowest BCUT2D eigenvalue weighted by molar-refractivity contribution is -0.131. The number of aliphatic hydroxyl groups excluding tert-OH is 2. The third-order valence-electron chi connectivity index (χ3n) is 0.725. The van der Waals surface area contributed by atoms with Crippen molar-refractivity contribution < 1.29 is 29.6 Å². The number of primary amides is 1. The Hall–Kier alpha value is -1.60. The van der Waals surface area contributed by atoms with Crippen LogP contribution in [0.3, 0.4) is 0 Å². The number of aliphatic hydroxyl groups is 2. The number of ether oxygens (including phenoxy) is 1. The average molecular weight is 237 g/mol. The predicted molar refractivity (Wildman–Crippen MR) is 57.8 cm³/mol. The second kappa shape index (κ2) is 15.9. The highest BCUT2D eigenvalue weighted by molar-refractivity contribution is 5.78. The van der Waals surface area contributed by atoms with E-state index in [1.54, 1.807) is 6.92 Å². The molecule has 7 heteroatoms. The van der Waals surface area contributed by atoms with E-state index < -0.39 is 18.2 Å². The van der Waals surface area contributed by atoms with E-state index >= 15 is 0 Å². The summed E-state index contributed by atoms with van der Waals surface area (Å²) in [6.45, 7) is 6.41. The predicted octanol–water partition coefficient (Wildman–Crippen LogP) is -0.282. The van der Waals surface area contributed by atoms with E-state index in [0.29, 0.717) is 6.61 Å². The van der Waals surface area contributed by atoms with Crippen molar-refractivity contribution in [1.29, 1.82) is 0 Å². The minimum atomic E-state index is -0.981. The van der Waals surface area contributed by atoms with Crippen molar-refractivity contribution >= 4 is 12.1 Å². The normalized spacial score (nSPS) is 9.50. The number of carboxylic acids is 1. The van der Waals surface area contributed by atoms with E-state index in [9.17, 15) is 9.59 Å². The monoisotopic (exact) mass is 237 g/mol.